The molecule has 0 unspecified atom stereocenters. The second kappa shape index (κ2) is 9.96. The van der Waals surface area contributed by atoms with E-state index in [2.05, 4.69) is 29.7 Å². The summed E-state index contributed by atoms with van der Waals surface area (Å²) in [5.41, 5.74) is 9.78. The topological polar surface area (TPSA) is 94.5 Å². The minimum atomic E-state index is -0.997. The van der Waals surface area contributed by atoms with Gasteiger partial charge in [-0.3, -0.25) is 4.79 Å². The molecular formula is C24H28N2O4. The number of nitrogens with two attached hydrogens (primary N) is 1. The third-order valence-corrected chi connectivity index (χ3v) is 5.30. The fourth-order valence-electron chi connectivity index (χ4n) is 3.91. The first-order valence-electron chi connectivity index (χ1n) is 10.2. The zero-order valence-electron chi connectivity index (χ0n) is 17.3. The molecule has 3 aromatic rings. The molecule has 0 aliphatic rings. The van der Waals surface area contributed by atoms with Crippen molar-refractivity contribution < 1.29 is 19.4 Å². The van der Waals surface area contributed by atoms with Crippen molar-refractivity contribution in [2.24, 2.45) is 5.73 Å². The van der Waals surface area contributed by atoms with E-state index in [0.717, 1.165) is 48.7 Å². The van der Waals surface area contributed by atoms with Gasteiger partial charge in [0.25, 0.3) is 0 Å². The first-order chi connectivity index (χ1) is 14.5. The van der Waals surface area contributed by atoms with Crippen LogP contribution in [0.15, 0.2) is 48.5 Å². The van der Waals surface area contributed by atoms with Gasteiger partial charge in [-0.05, 0) is 49.4 Å². The fraction of sp³-hybridized carbons (Fsp3) is 0.333. The van der Waals surface area contributed by atoms with Gasteiger partial charge < -0.3 is 20.1 Å². The molecule has 158 valence electrons. The lowest BCUT2D eigenvalue weighted by Gasteiger charge is -2.12. The molecule has 0 aliphatic carbocycles. The lowest BCUT2D eigenvalue weighted by molar-refractivity contribution is -0.139. The van der Waals surface area contributed by atoms with E-state index in [9.17, 15) is 9.59 Å². The molecule has 30 heavy (non-hydrogen) atoms. The molecule has 6 nitrogen and oxygen atoms in total. The van der Waals surface area contributed by atoms with Crippen LogP contribution in [0.3, 0.4) is 0 Å². The highest BCUT2D eigenvalue weighted by Gasteiger charge is 2.18. The van der Waals surface area contributed by atoms with Gasteiger partial charge in [-0.1, -0.05) is 42.8 Å². The Kier molecular flexibility index (Phi) is 7.12. The second-order valence-corrected chi connectivity index (χ2v) is 7.50. The second-order valence-electron chi connectivity index (χ2n) is 7.50. The van der Waals surface area contributed by atoms with Crippen molar-refractivity contribution >= 4 is 22.8 Å². The monoisotopic (exact) mass is 408 g/mol. The highest BCUT2D eigenvalue weighted by Crippen LogP contribution is 2.34. The summed E-state index contributed by atoms with van der Waals surface area (Å²) in [7, 11) is 0. The Hall–Kier alpha value is -3.28. The average molecular weight is 408 g/mol. The van der Waals surface area contributed by atoms with Crippen LogP contribution in [-0.2, 0) is 22.6 Å². The maximum Gasteiger partial charge on any atom is 0.341 e. The molecule has 0 saturated carbocycles. The van der Waals surface area contributed by atoms with E-state index in [1.165, 1.54) is 11.3 Å². The Morgan fingerprint density at radius 2 is 1.80 bits per heavy atom. The number of carboxylic acid groups (broad SMARTS) is 1. The molecule has 3 rings (SSSR count). The van der Waals surface area contributed by atoms with Crippen LogP contribution in [0.1, 0.15) is 42.5 Å². The number of rotatable bonds is 11. The van der Waals surface area contributed by atoms with Crippen LogP contribution in [0.2, 0.25) is 0 Å². The van der Waals surface area contributed by atoms with Crippen molar-refractivity contribution in [3.05, 3.63) is 65.4 Å². The maximum atomic E-state index is 11.0. The number of ether oxygens (including phenoxy) is 1. The highest BCUT2D eigenvalue weighted by molar-refractivity contribution is 5.91. The smallest absolute Gasteiger partial charge is 0.341 e. The maximum absolute atomic E-state index is 11.0. The molecule has 0 fully saturated rings. The normalized spacial score (nSPS) is 11.0. The summed E-state index contributed by atoms with van der Waals surface area (Å²) in [4.78, 5) is 22.0. The number of amides is 1. The lowest BCUT2D eigenvalue weighted by atomic mass is 10.1. The van der Waals surface area contributed by atoms with Gasteiger partial charge in [-0.25, -0.2) is 4.79 Å². The summed E-state index contributed by atoms with van der Waals surface area (Å²) in [6.07, 6.45) is 3.95. The van der Waals surface area contributed by atoms with Gasteiger partial charge in [-0.2, -0.15) is 0 Å². The molecule has 1 aromatic heterocycles. The lowest BCUT2D eigenvalue weighted by Crippen LogP contribution is -2.09. The van der Waals surface area contributed by atoms with E-state index in [0.29, 0.717) is 12.2 Å². The zero-order chi connectivity index (χ0) is 21.5. The predicted octanol–water partition coefficient (Wildman–Crippen LogP) is 4.05. The molecular weight excluding hydrogens is 380 g/mol. The number of hydrogen-bond donors (Lipinski definition) is 2. The number of aryl methyl sites for hydroxylation is 1. The van der Waals surface area contributed by atoms with Crippen molar-refractivity contribution in [1.29, 1.82) is 0 Å². The summed E-state index contributed by atoms with van der Waals surface area (Å²) in [6.45, 7) is 2.42. The minimum Gasteiger partial charge on any atom is -0.481 e. The molecule has 0 radical (unpaired) electrons. The Bertz CT molecular complexity index is 1020. The number of benzene rings is 2. The molecule has 2 aromatic carbocycles. The van der Waals surface area contributed by atoms with Crippen LogP contribution in [0.4, 0.5) is 0 Å². The molecule has 1 amide bonds. The van der Waals surface area contributed by atoms with E-state index in [1.807, 2.05) is 30.3 Å². The molecule has 6 heteroatoms. The van der Waals surface area contributed by atoms with E-state index in [-0.39, 0.29) is 12.5 Å². The predicted molar refractivity (Wildman–Crippen MR) is 117 cm³/mol. The van der Waals surface area contributed by atoms with Gasteiger partial charge in [-0.15, -0.1) is 0 Å². The van der Waals surface area contributed by atoms with Crippen LogP contribution in [0.25, 0.3) is 10.9 Å². The Labute approximate surface area is 176 Å². The van der Waals surface area contributed by atoms with Gasteiger partial charge in [0.05, 0.1) is 5.52 Å². The number of carbonyl (C=O) groups is 2. The van der Waals surface area contributed by atoms with E-state index >= 15 is 0 Å². The zero-order valence-corrected chi connectivity index (χ0v) is 17.3. The number of aliphatic carboxylic acids is 1. The molecule has 0 aliphatic heterocycles. The quantitative estimate of drug-likeness (QED) is 0.468. The SMILES string of the molecule is Cc1c(CCCCCC(N)=O)n(Cc2ccccc2)c2cccc(OCC(=O)O)c12. The van der Waals surface area contributed by atoms with Crippen LogP contribution in [0, 0.1) is 6.92 Å². The van der Waals surface area contributed by atoms with Gasteiger partial charge in [0.1, 0.15) is 5.75 Å². The Morgan fingerprint density at radius 3 is 2.50 bits per heavy atom. The van der Waals surface area contributed by atoms with Crippen molar-refractivity contribution in [2.75, 3.05) is 6.61 Å². The number of carboxylic acids is 1. The van der Waals surface area contributed by atoms with Crippen LogP contribution < -0.4 is 10.5 Å². The fourth-order valence-corrected chi connectivity index (χ4v) is 3.91. The number of hydrogen-bond acceptors (Lipinski definition) is 3. The minimum absolute atomic E-state index is 0.260. The molecule has 0 atom stereocenters. The molecule has 0 bridgehead atoms. The molecule has 3 N–H and O–H groups in total. The van der Waals surface area contributed by atoms with Gasteiger partial charge >= 0.3 is 5.97 Å². The van der Waals surface area contributed by atoms with E-state index in [4.69, 9.17) is 15.6 Å². The largest absolute Gasteiger partial charge is 0.481 e. The average Bonchev–Trinajstić information content (AvgIpc) is 2.99. The summed E-state index contributed by atoms with van der Waals surface area (Å²) in [6, 6.07) is 16.0. The van der Waals surface area contributed by atoms with Gasteiger partial charge in [0.15, 0.2) is 6.61 Å². The molecule has 1 heterocycles. The Morgan fingerprint density at radius 1 is 1.03 bits per heavy atom. The van der Waals surface area contributed by atoms with Crippen molar-refractivity contribution in [3.8, 4) is 5.75 Å². The standard InChI is InChI=1S/C24H28N2O4/c1-17-19(11-6-3-7-14-22(25)27)26(15-18-9-4-2-5-10-18)20-12-8-13-21(24(17)20)30-16-23(28)29/h2,4-5,8-10,12-13H,3,6-7,11,14-16H2,1H3,(H2,25,27)(H,28,29). The van der Waals surface area contributed by atoms with Crippen LogP contribution in [-0.4, -0.2) is 28.2 Å². The van der Waals surface area contributed by atoms with Crippen LogP contribution >= 0.6 is 0 Å². The number of unbranched alkanes of at least 4 members (excludes halogenated alkanes) is 2. The Balaban J connectivity index is 1.95. The first-order valence-corrected chi connectivity index (χ1v) is 10.2. The summed E-state index contributed by atoms with van der Waals surface area (Å²) in [5, 5.41) is 9.97. The number of aromatic nitrogens is 1. The number of nitrogens with zero attached hydrogens (tertiary/aromatic N) is 1. The summed E-state index contributed by atoms with van der Waals surface area (Å²) < 4.78 is 7.88. The van der Waals surface area contributed by atoms with Gasteiger partial charge in [0.2, 0.25) is 5.91 Å². The first kappa shape index (κ1) is 21.4. The number of fused-ring (bicyclic) bond motifs is 1. The molecule has 0 saturated heterocycles. The molecule has 0 spiro atoms. The van der Waals surface area contributed by atoms with Crippen molar-refractivity contribution in [3.63, 3.8) is 0 Å². The third kappa shape index (κ3) is 5.20. The van der Waals surface area contributed by atoms with E-state index in [1.54, 1.807) is 0 Å². The summed E-state index contributed by atoms with van der Waals surface area (Å²) >= 11 is 0. The van der Waals surface area contributed by atoms with Crippen molar-refractivity contribution in [1.82, 2.24) is 4.57 Å². The van der Waals surface area contributed by atoms with Crippen LogP contribution in [0.5, 0.6) is 5.75 Å². The van der Waals surface area contributed by atoms with E-state index < -0.39 is 5.97 Å². The highest BCUT2D eigenvalue weighted by atomic mass is 16.5. The summed E-state index contributed by atoms with van der Waals surface area (Å²) in [5.74, 6) is -0.665. The number of carbonyl (C=O) groups excluding carboxylic acids is 1. The van der Waals surface area contributed by atoms with Gasteiger partial charge in [0, 0.05) is 24.0 Å². The third-order valence-electron chi connectivity index (χ3n) is 5.30. The number of primary amides is 1. The van der Waals surface area contributed by atoms with Crippen molar-refractivity contribution in [2.45, 2.75) is 45.6 Å².